The molecule has 0 bridgehead atoms. The third-order valence-electron chi connectivity index (χ3n) is 3.22. The topological polar surface area (TPSA) is 60.9 Å². The van der Waals surface area contributed by atoms with E-state index in [1.54, 1.807) is 4.68 Å². The number of hydrogen-bond donors (Lipinski definition) is 1. The highest BCUT2D eigenvalue weighted by Gasteiger charge is 2.16. The number of ketones is 1. The number of benzene rings is 1. The SMILES string of the molecule is CCc1nn(C)c(CC(=O)Cc2cccc(N)c2)c1Br. The predicted molar refractivity (Wildman–Crippen MR) is 83.6 cm³/mol. The first-order valence-electron chi connectivity index (χ1n) is 6.57. The van der Waals surface area contributed by atoms with Crippen LogP contribution in [-0.4, -0.2) is 15.6 Å². The second kappa shape index (κ2) is 6.22. The number of aromatic nitrogens is 2. The number of anilines is 1. The Morgan fingerprint density at radius 3 is 2.75 bits per heavy atom. The smallest absolute Gasteiger partial charge is 0.143 e. The molecule has 1 aromatic heterocycles. The Morgan fingerprint density at radius 1 is 1.40 bits per heavy atom. The Bertz CT molecular complexity index is 634. The van der Waals surface area contributed by atoms with Gasteiger partial charge >= 0.3 is 0 Å². The van der Waals surface area contributed by atoms with Crippen LogP contribution in [0.1, 0.15) is 23.9 Å². The van der Waals surface area contributed by atoms with Gasteiger partial charge in [-0.2, -0.15) is 5.10 Å². The molecular formula is C15H18BrN3O. The van der Waals surface area contributed by atoms with Gasteiger partial charge in [0.05, 0.1) is 15.9 Å². The number of nitrogen functional groups attached to an aromatic ring is 1. The van der Waals surface area contributed by atoms with Gasteiger partial charge in [-0.25, -0.2) is 0 Å². The molecule has 2 N–H and O–H groups in total. The van der Waals surface area contributed by atoms with Gasteiger partial charge in [-0.3, -0.25) is 9.48 Å². The van der Waals surface area contributed by atoms with Crippen molar-refractivity contribution < 1.29 is 4.79 Å². The van der Waals surface area contributed by atoms with Crippen LogP contribution in [0, 0.1) is 0 Å². The molecule has 0 atom stereocenters. The maximum Gasteiger partial charge on any atom is 0.143 e. The van der Waals surface area contributed by atoms with Crippen LogP contribution in [0.2, 0.25) is 0 Å². The lowest BCUT2D eigenvalue weighted by Crippen LogP contribution is -2.10. The van der Waals surface area contributed by atoms with Crippen molar-refractivity contribution in [3.63, 3.8) is 0 Å². The molecule has 0 amide bonds. The van der Waals surface area contributed by atoms with Gasteiger partial charge in [0.2, 0.25) is 0 Å². The van der Waals surface area contributed by atoms with E-state index in [4.69, 9.17) is 5.73 Å². The molecule has 1 aromatic carbocycles. The van der Waals surface area contributed by atoms with Gasteiger partial charge in [-0.1, -0.05) is 19.1 Å². The van der Waals surface area contributed by atoms with Gasteiger partial charge in [-0.05, 0) is 40.0 Å². The van der Waals surface area contributed by atoms with E-state index in [0.717, 1.165) is 27.8 Å². The predicted octanol–water partition coefficient (Wildman–Crippen LogP) is 2.68. The second-order valence-electron chi connectivity index (χ2n) is 4.82. The fourth-order valence-electron chi connectivity index (χ4n) is 2.19. The van der Waals surface area contributed by atoms with E-state index < -0.39 is 0 Å². The molecule has 4 nitrogen and oxygen atoms in total. The zero-order chi connectivity index (χ0) is 14.7. The van der Waals surface area contributed by atoms with Crippen LogP contribution in [0.4, 0.5) is 5.69 Å². The van der Waals surface area contributed by atoms with Gasteiger partial charge in [0.1, 0.15) is 5.78 Å². The Morgan fingerprint density at radius 2 is 2.15 bits per heavy atom. The van der Waals surface area contributed by atoms with Crippen molar-refractivity contribution in [2.45, 2.75) is 26.2 Å². The van der Waals surface area contributed by atoms with E-state index in [1.807, 2.05) is 38.2 Å². The fraction of sp³-hybridized carbons (Fsp3) is 0.333. The number of Topliss-reactive ketones (excluding diaryl/α,β-unsaturated/α-hetero) is 1. The van der Waals surface area contributed by atoms with Crippen molar-refractivity contribution in [3.05, 3.63) is 45.7 Å². The van der Waals surface area contributed by atoms with Gasteiger partial charge in [0.25, 0.3) is 0 Å². The fourth-order valence-corrected chi connectivity index (χ4v) is 2.95. The zero-order valence-corrected chi connectivity index (χ0v) is 13.3. The van der Waals surface area contributed by atoms with E-state index >= 15 is 0 Å². The average Bonchev–Trinajstić information content (AvgIpc) is 2.66. The summed E-state index contributed by atoms with van der Waals surface area (Å²) in [6.45, 7) is 2.05. The first-order chi connectivity index (χ1) is 9.51. The van der Waals surface area contributed by atoms with Crippen LogP contribution in [0.15, 0.2) is 28.7 Å². The molecule has 2 aromatic rings. The Balaban J connectivity index is 2.10. The molecule has 0 saturated heterocycles. The van der Waals surface area contributed by atoms with Crippen LogP contribution in [0.3, 0.4) is 0 Å². The van der Waals surface area contributed by atoms with Crippen molar-refractivity contribution in [2.75, 3.05) is 5.73 Å². The molecular weight excluding hydrogens is 318 g/mol. The van der Waals surface area contributed by atoms with Crippen LogP contribution in [-0.2, 0) is 31.1 Å². The normalized spacial score (nSPS) is 10.8. The Hall–Kier alpha value is -1.62. The molecule has 0 aliphatic carbocycles. The van der Waals surface area contributed by atoms with E-state index in [2.05, 4.69) is 21.0 Å². The molecule has 106 valence electrons. The molecule has 5 heteroatoms. The third-order valence-corrected chi connectivity index (χ3v) is 4.14. The van der Waals surface area contributed by atoms with Crippen LogP contribution >= 0.6 is 15.9 Å². The summed E-state index contributed by atoms with van der Waals surface area (Å²) in [6.07, 6.45) is 1.61. The first kappa shape index (κ1) is 14.8. The lowest BCUT2D eigenvalue weighted by Gasteiger charge is -2.04. The summed E-state index contributed by atoms with van der Waals surface area (Å²) < 4.78 is 2.73. The number of hydrogen-bond acceptors (Lipinski definition) is 3. The monoisotopic (exact) mass is 335 g/mol. The first-order valence-corrected chi connectivity index (χ1v) is 7.37. The molecule has 20 heavy (non-hydrogen) atoms. The van der Waals surface area contributed by atoms with E-state index in [0.29, 0.717) is 18.5 Å². The van der Waals surface area contributed by atoms with Gasteiger partial charge in [-0.15, -0.1) is 0 Å². The minimum atomic E-state index is 0.155. The summed E-state index contributed by atoms with van der Waals surface area (Å²) in [6, 6.07) is 7.45. The minimum absolute atomic E-state index is 0.155. The Kier molecular flexibility index (Phi) is 4.60. The number of carbonyl (C=O) groups excluding carboxylic acids is 1. The molecule has 0 spiro atoms. The van der Waals surface area contributed by atoms with Gasteiger partial charge in [0, 0.05) is 25.6 Å². The summed E-state index contributed by atoms with van der Waals surface area (Å²) in [5, 5.41) is 4.40. The van der Waals surface area contributed by atoms with Crippen molar-refractivity contribution in [1.82, 2.24) is 9.78 Å². The summed E-state index contributed by atoms with van der Waals surface area (Å²) in [7, 11) is 1.87. The maximum atomic E-state index is 12.2. The second-order valence-corrected chi connectivity index (χ2v) is 5.61. The summed E-state index contributed by atoms with van der Waals surface area (Å²) in [5.74, 6) is 0.155. The largest absolute Gasteiger partial charge is 0.399 e. The van der Waals surface area contributed by atoms with Gasteiger partial charge < -0.3 is 5.73 Å². The molecule has 2 rings (SSSR count). The lowest BCUT2D eigenvalue weighted by molar-refractivity contribution is -0.117. The summed E-state index contributed by atoms with van der Waals surface area (Å²) >= 11 is 3.53. The number of nitrogens with zero attached hydrogens (tertiary/aromatic N) is 2. The maximum absolute atomic E-state index is 12.2. The molecule has 0 fully saturated rings. The highest BCUT2D eigenvalue weighted by molar-refractivity contribution is 9.10. The highest BCUT2D eigenvalue weighted by atomic mass is 79.9. The Labute approximate surface area is 127 Å². The summed E-state index contributed by atoms with van der Waals surface area (Å²) in [5.41, 5.74) is 9.27. The molecule has 1 heterocycles. The van der Waals surface area contributed by atoms with Crippen LogP contribution in [0.25, 0.3) is 0 Å². The molecule has 0 aliphatic heterocycles. The van der Waals surface area contributed by atoms with Crippen molar-refractivity contribution >= 4 is 27.4 Å². The number of halogens is 1. The van der Waals surface area contributed by atoms with Crippen molar-refractivity contribution in [1.29, 1.82) is 0 Å². The molecule has 0 saturated carbocycles. The van der Waals surface area contributed by atoms with Crippen LogP contribution in [0.5, 0.6) is 0 Å². The van der Waals surface area contributed by atoms with Crippen LogP contribution < -0.4 is 5.73 Å². The highest BCUT2D eigenvalue weighted by Crippen LogP contribution is 2.22. The molecule has 0 radical (unpaired) electrons. The van der Waals surface area contributed by atoms with Gasteiger partial charge in [0.15, 0.2) is 0 Å². The number of rotatable bonds is 5. The molecule has 0 aliphatic rings. The summed E-state index contributed by atoms with van der Waals surface area (Å²) in [4.78, 5) is 12.2. The number of nitrogens with two attached hydrogens (primary N) is 1. The lowest BCUT2D eigenvalue weighted by atomic mass is 10.0. The van der Waals surface area contributed by atoms with E-state index in [9.17, 15) is 4.79 Å². The third kappa shape index (κ3) is 3.28. The number of carbonyl (C=O) groups is 1. The van der Waals surface area contributed by atoms with Crippen molar-refractivity contribution in [2.24, 2.45) is 7.05 Å². The van der Waals surface area contributed by atoms with E-state index in [-0.39, 0.29) is 5.78 Å². The average molecular weight is 336 g/mol. The zero-order valence-electron chi connectivity index (χ0n) is 11.7. The number of aryl methyl sites for hydroxylation is 2. The standard InChI is InChI=1S/C15H18BrN3O/c1-3-13-15(16)14(19(2)18-13)9-12(20)8-10-5-4-6-11(17)7-10/h4-7H,3,8-9,17H2,1-2H3. The minimum Gasteiger partial charge on any atom is -0.399 e. The molecule has 0 unspecified atom stereocenters. The van der Waals surface area contributed by atoms with E-state index in [1.165, 1.54) is 0 Å². The quantitative estimate of drug-likeness (QED) is 0.854. The van der Waals surface area contributed by atoms with Crippen molar-refractivity contribution in [3.8, 4) is 0 Å².